The average Bonchev–Trinajstić information content (AvgIpc) is 3.42. The van der Waals surface area contributed by atoms with E-state index in [2.05, 4.69) is 11.9 Å². The number of carbonyl (C=O) groups excluding carboxylic acids is 2. The van der Waals surface area contributed by atoms with Crippen molar-refractivity contribution in [3.05, 3.63) is 48.3 Å². The van der Waals surface area contributed by atoms with E-state index >= 15 is 0 Å². The lowest BCUT2D eigenvalue weighted by molar-refractivity contribution is -0.137. The van der Waals surface area contributed by atoms with Crippen LogP contribution in [0.4, 0.5) is 9.18 Å². The highest BCUT2D eigenvalue weighted by Crippen LogP contribution is 2.59. The number of hydrogen-bond acceptors (Lipinski definition) is 5. The van der Waals surface area contributed by atoms with Gasteiger partial charge in [0.25, 0.3) is 0 Å². The van der Waals surface area contributed by atoms with Crippen LogP contribution in [0.25, 0.3) is 0 Å². The number of alkyl carbamates (subject to hydrolysis) is 1. The molecule has 0 spiro atoms. The molecule has 9 heteroatoms. The van der Waals surface area contributed by atoms with Crippen molar-refractivity contribution in [3.8, 4) is 0 Å². The lowest BCUT2D eigenvalue weighted by atomic mass is 9.76. The summed E-state index contributed by atoms with van der Waals surface area (Å²) in [5.74, 6) is -0.442. The maximum atomic E-state index is 13.1. The SMILES string of the molecule is C=CC(=O)N1C2CC2C2CCC1(COC(=O)N[C@@H](Cc1ccc(F)cc1)B(O)O)C2. The van der Waals surface area contributed by atoms with Crippen molar-refractivity contribution in [1.29, 1.82) is 0 Å². The molecule has 160 valence electrons. The van der Waals surface area contributed by atoms with Crippen LogP contribution in [-0.4, -0.2) is 58.2 Å². The molecule has 30 heavy (non-hydrogen) atoms. The number of piperidine rings is 1. The molecule has 1 aromatic rings. The summed E-state index contributed by atoms with van der Waals surface area (Å²) in [4.78, 5) is 26.8. The molecule has 4 rings (SSSR count). The van der Waals surface area contributed by atoms with Crippen LogP contribution in [0.5, 0.6) is 0 Å². The Balaban J connectivity index is 1.38. The summed E-state index contributed by atoms with van der Waals surface area (Å²) >= 11 is 0. The summed E-state index contributed by atoms with van der Waals surface area (Å²) in [5, 5.41) is 21.7. The molecular formula is C21H26BFN2O5. The number of carbonyl (C=O) groups is 2. The number of rotatable bonds is 7. The number of amides is 2. The third-order valence-corrected chi connectivity index (χ3v) is 6.79. The van der Waals surface area contributed by atoms with Gasteiger partial charge in [-0.25, -0.2) is 9.18 Å². The van der Waals surface area contributed by atoms with Gasteiger partial charge >= 0.3 is 13.2 Å². The molecule has 1 heterocycles. The monoisotopic (exact) mass is 416 g/mol. The summed E-state index contributed by atoms with van der Waals surface area (Å²) in [6.45, 7) is 3.67. The minimum Gasteiger partial charge on any atom is -0.447 e. The topological polar surface area (TPSA) is 99.1 Å². The van der Waals surface area contributed by atoms with E-state index in [-0.39, 0.29) is 25.0 Å². The maximum Gasteiger partial charge on any atom is 0.475 e. The normalized spacial score (nSPS) is 29.6. The average molecular weight is 416 g/mol. The standard InChI is InChI=1S/C21H26BFN2O5/c1-2-19(26)25-17-10-16(17)14-7-8-21(25,11-14)12-30-20(27)24-18(22(28)29)9-13-3-5-15(23)6-4-13/h2-6,14,16-18,28-29H,1,7-12H2,(H,24,27)/t14?,16?,17?,18-,21?/m0/s1. The molecule has 7 nitrogen and oxygen atoms in total. The Labute approximate surface area is 175 Å². The van der Waals surface area contributed by atoms with Crippen LogP contribution in [0.3, 0.4) is 0 Å². The molecule has 2 bridgehead atoms. The van der Waals surface area contributed by atoms with Gasteiger partial charge in [0.2, 0.25) is 5.91 Å². The Bertz CT molecular complexity index is 835. The fourth-order valence-electron chi connectivity index (χ4n) is 5.28. The van der Waals surface area contributed by atoms with Gasteiger partial charge < -0.3 is 25.0 Å². The molecule has 5 atom stereocenters. The van der Waals surface area contributed by atoms with E-state index in [1.807, 2.05) is 4.90 Å². The van der Waals surface area contributed by atoms with Crippen molar-refractivity contribution < 1.29 is 28.8 Å². The van der Waals surface area contributed by atoms with E-state index in [1.54, 1.807) is 0 Å². The van der Waals surface area contributed by atoms with Crippen LogP contribution >= 0.6 is 0 Å². The summed E-state index contributed by atoms with van der Waals surface area (Å²) in [5.41, 5.74) is 0.122. The first-order chi connectivity index (χ1) is 14.3. The van der Waals surface area contributed by atoms with Gasteiger partial charge in [-0.2, -0.15) is 0 Å². The molecule has 3 N–H and O–H groups in total. The zero-order valence-electron chi connectivity index (χ0n) is 16.7. The second-order valence-corrected chi connectivity index (χ2v) is 8.68. The van der Waals surface area contributed by atoms with Crippen molar-refractivity contribution in [1.82, 2.24) is 10.2 Å². The molecule has 1 aromatic carbocycles. The highest BCUT2D eigenvalue weighted by molar-refractivity contribution is 6.43. The fourth-order valence-corrected chi connectivity index (χ4v) is 5.28. The quantitative estimate of drug-likeness (QED) is 0.462. The smallest absolute Gasteiger partial charge is 0.447 e. The molecule has 2 amide bonds. The second-order valence-electron chi connectivity index (χ2n) is 8.68. The van der Waals surface area contributed by atoms with E-state index < -0.39 is 30.5 Å². The van der Waals surface area contributed by atoms with E-state index in [9.17, 15) is 24.0 Å². The summed E-state index contributed by atoms with van der Waals surface area (Å²) in [6, 6.07) is 5.77. The highest BCUT2D eigenvalue weighted by atomic mass is 19.1. The van der Waals surface area contributed by atoms with Crippen LogP contribution in [0.2, 0.25) is 0 Å². The number of fused-ring (bicyclic) bond motifs is 4. The number of nitrogens with one attached hydrogen (secondary N) is 1. The number of ether oxygens (including phenoxy) is 1. The van der Waals surface area contributed by atoms with Gasteiger partial charge in [-0.15, -0.1) is 0 Å². The van der Waals surface area contributed by atoms with Crippen LogP contribution in [0.1, 0.15) is 31.2 Å². The highest BCUT2D eigenvalue weighted by Gasteiger charge is 2.63. The van der Waals surface area contributed by atoms with Crippen LogP contribution in [0, 0.1) is 17.7 Å². The van der Waals surface area contributed by atoms with Gasteiger partial charge in [0.15, 0.2) is 0 Å². The van der Waals surface area contributed by atoms with Gasteiger partial charge in [-0.05, 0) is 67.7 Å². The first-order valence-electron chi connectivity index (χ1n) is 10.3. The van der Waals surface area contributed by atoms with Crippen molar-refractivity contribution in [3.63, 3.8) is 0 Å². The number of halogens is 1. The minimum absolute atomic E-state index is 0.0585. The zero-order valence-corrected chi connectivity index (χ0v) is 16.7. The number of benzene rings is 1. The first kappa shape index (κ1) is 20.9. The predicted molar refractivity (Wildman–Crippen MR) is 108 cm³/mol. The third-order valence-electron chi connectivity index (χ3n) is 6.79. The van der Waals surface area contributed by atoms with Crippen molar-refractivity contribution in [2.45, 2.75) is 49.6 Å². The van der Waals surface area contributed by atoms with E-state index in [0.29, 0.717) is 17.4 Å². The molecule has 3 fully saturated rings. The Morgan fingerprint density at radius 3 is 2.80 bits per heavy atom. The van der Waals surface area contributed by atoms with Crippen LogP contribution in [0.15, 0.2) is 36.9 Å². The molecular weight excluding hydrogens is 390 g/mol. The van der Waals surface area contributed by atoms with Crippen LogP contribution < -0.4 is 5.32 Å². The molecule has 0 radical (unpaired) electrons. The van der Waals surface area contributed by atoms with E-state index in [1.165, 1.54) is 30.3 Å². The summed E-state index contributed by atoms with van der Waals surface area (Å²) < 4.78 is 18.5. The lowest BCUT2D eigenvalue weighted by Gasteiger charge is -2.43. The van der Waals surface area contributed by atoms with Gasteiger partial charge in [-0.3, -0.25) is 4.79 Å². The summed E-state index contributed by atoms with van der Waals surface area (Å²) in [7, 11) is -1.81. The van der Waals surface area contributed by atoms with Crippen molar-refractivity contribution in [2.75, 3.05) is 6.61 Å². The Kier molecular flexibility index (Phi) is 5.59. The lowest BCUT2D eigenvalue weighted by Crippen LogP contribution is -2.57. The fraction of sp³-hybridized carbons (Fsp3) is 0.524. The molecule has 1 aliphatic heterocycles. The van der Waals surface area contributed by atoms with Gasteiger partial charge in [0.05, 0.1) is 11.5 Å². The number of nitrogens with zero attached hydrogens (tertiary/aromatic N) is 1. The van der Waals surface area contributed by atoms with Gasteiger partial charge in [0, 0.05) is 6.04 Å². The predicted octanol–water partition coefficient (Wildman–Crippen LogP) is 1.43. The second kappa shape index (κ2) is 8.04. The Hall–Kier alpha value is -2.39. The molecule has 2 aliphatic carbocycles. The van der Waals surface area contributed by atoms with Crippen molar-refractivity contribution >= 4 is 19.1 Å². The molecule has 3 aliphatic rings. The van der Waals surface area contributed by atoms with E-state index in [0.717, 1.165) is 25.7 Å². The zero-order chi connectivity index (χ0) is 21.5. The largest absolute Gasteiger partial charge is 0.475 e. The first-order valence-corrected chi connectivity index (χ1v) is 10.3. The third kappa shape index (κ3) is 3.96. The van der Waals surface area contributed by atoms with Crippen molar-refractivity contribution in [2.24, 2.45) is 11.8 Å². The molecule has 0 aromatic heterocycles. The van der Waals surface area contributed by atoms with Crippen LogP contribution in [-0.2, 0) is 16.0 Å². The Morgan fingerprint density at radius 2 is 2.13 bits per heavy atom. The maximum absolute atomic E-state index is 13.1. The summed E-state index contributed by atoms with van der Waals surface area (Å²) in [6.07, 6.45) is 4.23. The number of hydrogen-bond donors (Lipinski definition) is 3. The van der Waals surface area contributed by atoms with E-state index in [4.69, 9.17) is 4.74 Å². The molecule has 4 unspecified atom stereocenters. The minimum atomic E-state index is -1.81. The molecule has 1 saturated heterocycles. The Morgan fingerprint density at radius 1 is 1.40 bits per heavy atom. The van der Waals surface area contributed by atoms with Gasteiger partial charge in [-0.1, -0.05) is 18.7 Å². The molecule has 2 saturated carbocycles. The van der Waals surface area contributed by atoms with Gasteiger partial charge in [0.1, 0.15) is 12.4 Å². The number of likely N-dealkylation sites (tertiary alicyclic amines) is 1.